The molecule has 1 N–H and O–H groups in total. The number of benzene rings is 3. The van der Waals surface area contributed by atoms with Crippen LogP contribution in [0.2, 0.25) is 0 Å². The average Bonchev–Trinajstić information content (AvgIpc) is 3.49. The van der Waals surface area contributed by atoms with Crippen LogP contribution in [-0.2, 0) is 4.79 Å². The van der Waals surface area contributed by atoms with Crippen LogP contribution in [0.4, 0.5) is 8.78 Å². The SMILES string of the molecule is Cc1ccccc1C(=O)C1C(c2sccc2C)C(C(=O)O)N(C(=O)c2cccc(F)c2)C1c1ccc(F)cc1. The van der Waals surface area contributed by atoms with Crippen LogP contribution in [-0.4, -0.2) is 33.7 Å². The third-order valence-corrected chi connectivity index (χ3v) is 8.48. The van der Waals surface area contributed by atoms with Crippen LogP contribution in [0.25, 0.3) is 0 Å². The number of halogens is 2. The van der Waals surface area contributed by atoms with E-state index in [1.165, 1.54) is 58.7 Å². The number of amides is 1. The molecule has 3 aromatic carbocycles. The monoisotopic (exact) mass is 545 g/mol. The summed E-state index contributed by atoms with van der Waals surface area (Å²) in [6.07, 6.45) is 0. The molecule has 5 rings (SSSR count). The number of carboxylic acids is 1. The molecule has 0 spiro atoms. The highest BCUT2D eigenvalue weighted by molar-refractivity contribution is 7.10. The summed E-state index contributed by atoms with van der Waals surface area (Å²) in [5.74, 6) is -5.40. The van der Waals surface area contributed by atoms with Crippen LogP contribution in [0, 0.1) is 31.4 Å². The number of carboxylic acid groups (broad SMARTS) is 1. The van der Waals surface area contributed by atoms with Crippen molar-refractivity contribution >= 4 is 29.0 Å². The number of ketones is 1. The molecule has 0 saturated carbocycles. The fourth-order valence-electron chi connectivity index (χ4n) is 5.60. The molecule has 1 amide bonds. The van der Waals surface area contributed by atoms with Gasteiger partial charge in [-0.15, -0.1) is 11.3 Å². The van der Waals surface area contributed by atoms with E-state index in [1.807, 2.05) is 18.4 Å². The Balaban J connectivity index is 1.80. The lowest BCUT2D eigenvalue weighted by atomic mass is 9.77. The number of likely N-dealkylation sites (tertiary alicyclic amines) is 1. The van der Waals surface area contributed by atoms with Crippen molar-refractivity contribution in [3.63, 3.8) is 0 Å². The normalized spacial score (nSPS) is 20.7. The zero-order chi connectivity index (χ0) is 27.8. The van der Waals surface area contributed by atoms with Gasteiger partial charge in [-0.2, -0.15) is 0 Å². The lowest BCUT2D eigenvalue weighted by Crippen LogP contribution is -2.43. The van der Waals surface area contributed by atoms with E-state index in [4.69, 9.17) is 0 Å². The van der Waals surface area contributed by atoms with Crippen LogP contribution in [0.1, 0.15) is 54.2 Å². The Morgan fingerprint density at radius 2 is 1.56 bits per heavy atom. The molecule has 4 aromatic rings. The Morgan fingerprint density at radius 1 is 0.846 bits per heavy atom. The van der Waals surface area contributed by atoms with Gasteiger partial charge in [0.25, 0.3) is 5.91 Å². The number of rotatable bonds is 6. The molecule has 39 heavy (non-hydrogen) atoms. The molecule has 0 radical (unpaired) electrons. The molecule has 4 unspecified atom stereocenters. The summed E-state index contributed by atoms with van der Waals surface area (Å²) in [6.45, 7) is 3.63. The van der Waals surface area contributed by atoms with Crippen molar-refractivity contribution in [3.05, 3.63) is 129 Å². The Bertz CT molecular complexity index is 1560. The predicted molar refractivity (Wildman–Crippen MR) is 144 cm³/mol. The molecular formula is C31H25F2NO4S. The molecule has 1 fully saturated rings. The number of aryl methyl sites for hydroxylation is 2. The van der Waals surface area contributed by atoms with E-state index in [0.29, 0.717) is 21.6 Å². The Morgan fingerprint density at radius 3 is 2.18 bits per heavy atom. The van der Waals surface area contributed by atoms with Crippen molar-refractivity contribution in [1.29, 1.82) is 0 Å². The number of aliphatic carboxylic acids is 1. The summed E-state index contributed by atoms with van der Waals surface area (Å²) in [7, 11) is 0. The number of carbonyl (C=O) groups is 3. The van der Waals surface area contributed by atoms with Crippen molar-refractivity contribution in [2.24, 2.45) is 5.92 Å². The van der Waals surface area contributed by atoms with Gasteiger partial charge in [0.2, 0.25) is 0 Å². The highest BCUT2D eigenvalue weighted by Crippen LogP contribution is 2.53. The zero-order valence-corrected chi connectivity index (χ0v) is 22.0. The minimum Gasteiger partial charge on any atom is -0.480 e. The van der Waals surface area contributed by atoms with E-state index in [9.17, 15) is 28.3 Å². The minimum absolute atomic E-state index is 0.0426. The maximum Gasteiger partial charge on any atom is 0.327 e. The van der Waals surface area contributed by atoms with Crippen LogP contribution >= 0.6 is 11.3 Å². The molecule has 1 aliphatic heterocycles. The van der Waals surface area contributed by atoms with E-state index in [0.717, 1.165) is 11.6 Å². The first-order valence-electron chi connectivity index (χ1n) is 12.4. The molecule has 0 aliphatic carbocycles. The van der Waals surface area contributed by atoms with Gasteiger partial charge in [-0.05, 0) is 72.3 Å². The Hall–Kier alpha value is -4.17. The van der Waals surface area contributed by atoms with Crippen molar-refractivity contribution < 1.29 is 28.3 Å². The average molecular weight is 546 g/mol. The summed E-state index contributed by atoms with van der Waals surface area (Å²) in [5, 5.41) is 12.4. The molecule has 1 aliphatic rings. The van der Waals surface area contributed by atoms with E-state index in [1.54, 1.807) is 31.2 Å². The number of hydrogen-bond donors (Lipinski definition) is 1. The fraction of sp³-hybridized carbons (Fsp3) is 0.194. The van der Waals surface area contributed by atoms with Crippen LogP contribution < -0.4 is 0 Å². The molecule has 1 aromatic heterocycles. The van der Waals surface area contributed by atoms with Crippen LogP contribution in [0.3, 0.4) is 0 Å². The van der Waals surface area contributed by atoms with Gasteiger partial charge in [-0.25, -0.2) is 13.6 Å². The predicted octanol–water partition coefficient (Wildman–Crippen LogP) is 6.58. The molecule has 2 heterocycles. The first-order chi connectivity index (χ1) is 18.7. The summed E-state index contributed by atoms with van der Waals surface area (Å²) in [5.41, 5.74) is 2.30. The van der Waals surface area contributed by atoms with Crippen molar-refractivity contribution in [2.75, 3.05) is 0 Å². The minimum atomic E-state index is -1.44. The molecular weight excluding hydrogens is 520 g/mol. The summed E-state index contributed by atoms with van der Waals surface area (Å²) in [4.78, 5) is 43.3. The van der Waals surface area contributed by atoms with Crippen LogP contribution in [0.15, 0.2) is 84.2 Å². The second kappa shape index (κ2) is 10.5. The maximum absolute atomic E-state index is 14.4. The van der Waals surface area contributed by atoms with Crippen molar-refractivity contribution in [2.45, 2.75) is 31.8 Å². The lowest BCUT2D eigenvalue weighted by Gasteiger charge is -2.30. The van der Waals surface area contributed by atoms with Gasteiger partial charge in [0.1, 0.15) is 17.7 Å². The summed E-state index contributed by atoms with van der Waals surface area (Å²) >= 11 is 1.33. The van der Waals surface area contributed by atoms with Gasteiger partial charge >= 0.3 is 5.97 Å². The molecule has 8 heteroatoms. The number of carbonyl (C=O) groups excluding carboxylic acids is 2. The summed E-state index contributed by atoms with van der Waals surface area (Å²) in [6, 6.07) is 16.8. The van der Waals surface area contributed by atoms with Crippen molar-refractivity contribution in [3.8, 4) is 0 Å². The zero-order valence-electron chi connectivity index (χ0n) is 21.2. The number of Topliss-reactive ketones (excluding diaryl/α,β-unsaturated/α-hetero) is 1. The van der Waals surface area contributed by atoms with Gasteiger partial charge in [0.15, 0.2) is 5.78 Å². The molecule has 198 valence electrons. The first kappa shape index (κ1) is 26.4. The fourth-order valence-corrected chi connectivity index (χ4v) is 6.71. The number of nitrogens with zero attached hydrogens (tertiary/aromatic N) is 1. The highest BCUT2D eigenvalue weighted by Gasteiger charge is 2.58. The van der Waals surface area contributed by atoms with Gasteiger partial charge in [0, 0.05) is 21.9 Å². The largest absolute Gasteiger partial charge is 0.480 e. The lowest BCUT2D eigenvalue weighted by molar-refractivity contribution is -0.142. The molecule has 0 bridgehead atoms. The third kappa shape index (κ3) is 4.76. The van der Waals surface area contributed by atoms with Gasteiger partial charge in [-0.1, -0.05) is 42.5 Å². The standard InChI is InChI=1S/C31H25F2NO4S/c1-17-6-3-4-9-23(17)28(35)24-25(29-18(2)14-15-39-29)27(31(37)38)34(26(24)19-10-12-21(32)13-11-19)30(36)20-7-5-8-22(33)16-20/h3-16,24-27H,1-2H3,(H,37,38). The Labute approximate surface area is 228 Å². The maximum atomic E-state index is 14.4. The number of thiophene rings is 1. The van der Waals surface area contributed by atoms with E-state index < -0.39 is 47.4 Å². The molecule has 5 nitrogen and oxygen atoms in total. The highest BCUT2D eigenvalue weighted by atomic mass is 32.1. The first-order valence-corrected chi connectivity index (χ1v) is 13.3. The topological polar surface area (TPSA) is 74.7 Å². The van der Waals surface area contributed by atoms with E-state index >= 15 is 0 Å². The second-order valence-corrected chi connectivity index (χ2v) is 10.6. The smallest absolute Gasteiger partial charge is 0.327 e. The Kier molecular flexibility index (Phi) is 7.14. The quantitative estimate of drug-likeness (QED) is 0.278. The van der Waals surface area contributed by atoms with Gasteiger partial charge in [0.05, 0.1) is 12.0 Å². The van der Waals surface area contributed by atoms with Crippen LogP contribution in [0.5, 0.6) is 0 Å². The third-order valence-electron chi connectivity index (χ3n) is 7.35. The van der Waals surface area contributed by atoms with E-state index in [-0.39, 0.29) is 11.3 Å². The summed E-state index contributed by atoms with van der Waals surface area (Å²) < 4.78 is 28.2. The molecule has 1 saturated heterocycles. The van der Waals surface area contributed by atoms with E-state index in [2.05, 4.69) is 0 Å². The molecule has 4 atom stereocenters. The second-order valence-electron chi connectivity index (χ2n) is 9.70. The van der Waals surface area contributed by atoms with Gasteiger partial charge in [-0.3, -0.25) is 9.59 Å². The van der Waals surface area contributed by atoms with Crippen molar-refractivity contribution in [1.82, 2.24) is 4.90 Å². The number of hydrogen-bond acceptors (Lipinski definition) is 4. The van der Waals surface area contributed by atoms with Gasteiger partial charge < -0.3 is 10.0 Å².